The van der Waals surface area contributed by atoms with E-state index in [0.29, 0.717) is 0 Å². The number of aryl methyl sites for hydroxylation is 1. The fourth-order valence-corrected chi connectivity index (χ4v) is 4.70. The second-order valence-electron chi connectivity index (χ2n) is 7.85. The van der Waals surface area contributed by atoms with Crippen molar-refractivity contribution in [3.8, 4) is 0 Å². The van der Waals surface area contributed by atoms with Crippen molar-refractivity contribution >= 4 is 17.0 Å². The van der Waals surface area contributed by atoms with Crippen molar-refractivity contribution in [1.82, 2.24) is 14.5 Å². The topological polar surface area (TPSA) is 44.5 Å². The Labute approximate surface area is 148 Å². The predicted molar refractivity (Wildman–Crippen MR) is 97.2 cm³/mol. The second kappa shape index (κ2) is 6.25. The van der Waals surface area contributed by atoms with Crippen LogP contribution in [0.2, 0.25) is 0 Å². The van der Waals surface area contributed by atoms with Crippen LogP contribution in [0.25, 0.3) is 11.0 Å². The van der Waals surface area contributed by atoms with Gasteiger partial charge in [-0.3, -0.25) is 0 Å². The van der Waals surface area contributed by atoms with E-state index in [-0.39, 0.29) is 23.8 Å². The van der Waals surface area contributed by atoms with E-state index in [1.807, 2.05) is 11.6 Å². The molecule has 2 aliphatic heterocycles. The molecule has 5 nitrogen and oxygen atoms in total. The highest BCUT2D eigenvalue weighted by molar-refractivity contribution is 5.78. The molecule has 1 spiro atoms. The fraction of sp³-hybridized carbons (Fsp3) is 0.632. The van der Waals surface area contributed by atoms with E-state index >= 15 is 0 Å². The van der Waals surface area contributed by atoms with Crippen LogP contribution in [0.1, 0.15) is 19.3 Å². The highest BCUT2D eigenvalue weighted by Crippen LogP contribution is 2.45. The zero-order chi connectivity index (χ0) is 17.6. The van der Waals surface area contributed by atoms with Crippen LogP contribution in [0.15, 0.2) is 18.2 Å². The fourth-order valence-electron chi connectivity index (χ4n) is 4.70. The number of halogens is 1. The van der Waals surface area contributed by atoms with Gasteiger partial charge in [-0.2, -0.15) is 0 Å². The van der Waals surface area contributed by atoms with E-state index in [2.05, 4.69) is 16.8 Å². The molecule has 1 aromatic carbocycles. The van der Waals surface area contributed by atoms with E-state index in [4.69, 9.17) is 4.98 Å². The third-order valence-electron chi connectivity index (χ3n) is 6.49. The Hall–Kier alpha value is -1.66. The minimum absolute atomic E-state index is 0.221. The number of nitrogens with zero attached hydrogens (tertiary/aromatic N) is 4. The molecule has 1 N–H and O–H groups in total. The van der Waals surface area contributed by atoms with Gasteiger partial charge < -0.3 is 19.5 Å². The van der Waals surface area contributed by atoms with Crippen molar-refractivity contribution < 1.29 is 9.50 Å². The van der Waals surface area contributed by atoms with Crippen molar-refractivity contribution in [2.75, 3.05) is 44.7 Å². The Morgan fingerprint density at radius 1 is 1.20 bits per heavy atom. The van der Waals surface area contributed by atoms with Crippen LogP contribution >= 0.6 is 0 Å². The highest BCUT2D eigenvalue weighted by Gasteiger charge is 2.44. The van der Waals surface area contributed by atoms with Gasteiger partial charge in [-0.05, 0) is 63.0 Å². The molecule has 0 aliphatic carbocycles. The van der Waals surface area contributed by atoms with Gasteiger partial charge in [0.1, 0.15) is 5.82 Å². The van der Waals surface area contributed by atoms with Gasteiger partial charge in [0.15, 0.2) is 0 Å². The van der Waals surface area contributed by atoms with Gasteiger partial charge in [0.05, 0.1) is 11.0 Å². The monoisotopic (exact) mass is 346 g/mol. The largest absolute Gasteiger partial charge is 0.396 e. The first kappa shape index (κ1) is 16.8. The lowest BCUT2D eigenvalue weighted by Gasteiger charge is -2.51. The molecule has 25 heavy (non-hydrogen) atoms. The Morgan fingerprint density at radius 2 is 1.92 bits per heavy atom. The summed E-state index contributed by atoms with van der Waals surface area (Å²) < 4.78 is 15.5. The van der Waals surface area contributed by atoms with E-state index in [1.54, 1.807) is 6.07 Å². The molecule has 2 fully saturated rings. The van der Waals surface area contributed by atoms with E-state index < -0.39 is 0 Å². The van der Waals surface area contributed by atoms with Crippen LogP contribution in [-0.4, -0.2) is 59.4 Å². The zero-order valence-corrected chi connectivity index (χ0v) is 15.1. The molecule has 2 saturated heterocycles. The number of aromatic nitrogens is 2. The summed E-state index contributed by atoms with van der Waals surface area (Å²) in [4.78, 5) is 9.37. The maximum atomic E-state index is 13.6. The summed E-state index contributed by atoms with van der Waals surface area (Å²) in [5.41, 5.74) is 1.89. The molecule has 0 radical (unpaired) electrons. The van der Waals surface area contributed by atoms with Crippen molar-refractivity contribution in [1.29, 1.82) is 0 Å². The number of hydrogen-bond acceptors (Lipinski definition) is 4. The maximum absolute atomic E-state index is 13.6. The summed E-state index contributed by atoms with van der Waals surface area (Å²) in [6.07, 6.45) is 3.41. The van der Waals surface area contributed by atoms with Crippen LogP contribution in [0.3, 0.4) is 0 Å². The number of hydrogen-bond donors (Lipinski definition) is 1. The first-order chi connectivity index (χ1) is 12.0. The van der Waals surface area contributed by atoms with Gasteiger partial charge in [0.25, 0.3) is 0 Å². The molecule has 0 saturated carbocycles. The maximum Gasteiger partial charge on any atom is 0.206 e. The third kappa shape index (κ3) is 2.81. The Kier molecular flexibility index (Phi) is 4.20. The molecular formula is C19H27FN4O. The Bertz CT molecular complexity index is 766. The molecule has 2 aliphatic rings. The SMILES string of the molecule is CN1CCC2(CC1)CCN(c1nc3ccc(F)cc3n1C)CC2CO. The summed E-state index contributed by atoms with van der Waals surface area (Å²) in [7, 11) is 4.12. The minimum atomic E-state index is -0.237. The Balaban J connectivity index is 1.60. The van der Waals surface area contributed by atoms with Crippen LogP contribution < -0.4 is 4.90 Å². The number of likely N-dealkylation sites (tertiary alicyclic amines) is 1. The normalized spacial score (nSPS) is 24.3. The molecule has 4 rings (SSSR count). The van der Waals surface area contributed by atoms with Crippen LogP contribution in [0, 0.1) is 17.2 Å². The molecule has 1 unspecified atom stereocenters. The van der Waals surface area contributed by atoms with Crippen molar-refractivity contribution in [3.63, 3.8) is 0 Å². The third-order valence-corrected chi connectivity index (χ3v) is 6.49. The van der Waals surface area contributed by atoms with Crippen molar-refractivity contribution in [2.24, 2.45) is 18.4 Å². The van der Waals surface area contributed by atoms with Crippen molar-refractivity contribution in [3.05, 3.63) is 24.0 Å². The number of aliphatic hydroxyl groups excluding tert-OH is 1. The standard InChI is InChI=1S/C19H27FN4O/c1-22-8-5-19(6-9-22)7-10-24(12-14(19)13-25)18-21-16-4-3-15(20)11-17(16)23(18)2/h3-4,11,14,25H,5-10,12-13H2,1-2H3. The quantitative estimate of drug-likeness (QED) is 0.906. The van der Waals surface area contributed by atoms with Crippen molar-refractivity contribution in [2.45, 2.75) is 19.3 Å². The van der Waals surface area contributed by atoms with E-state index in [0.717, 1.165) is 62.4 Å². The number of fused-ring (bicyclic) bond motifs is 1. The minimum Gasteiger partial charge on any atom is -0.396 e. The summed E-state index contributed by atoms with van der Waals surface area (Å²) >= 11 is 0. The molecule has 1 aromatic heterocycles. The van der Waals surface area contributed by atoms with Crippen LogP contribution in [-0.2, 0) is 7.05 Å². The summed E-state index contributed by atoms with van der Waals surface area (Å²) in [5.74, 6) is 0.910. The van der Waals surface area contributed by atoms with Crippen LogP contribution in [0.4, 0.5) is 10.3 Å². The second-order valence-corrected chi connectivity index (χ2v) is 7.85. The first-order valence-corrected chi connectivity index (χ1v) is 9.19. The summed E-state index contributed by atoms with van der Waals surface area (Å²) in [6.45, 7) is 4.21. The number of benzene rings is 1. The smallest absolute Gasteiger partial charge is 0.206 e. The molecular weight excluding hydrogens is 319 g/mol. The lowest BCUT2D eigenvalue weighted by atomic mass is 9.65. The van der Waals surface area contributed by atoms with E-state index in [1.165, 1.54) is 12.1 Å². The molecule has 0 amide bonds. The van der Waals surface area contributed by atoms with Gasteiger partial charge in [-0.1, -0.05) is 0 Å². The lowest BCUT2D eigenvalue weighted by molar-refractivity contribution is 0.00923. The molecule has 6 heteroatoms. The lowest BCUT2D eigenvalue weighted by Crippen LogP contribution is -2.53. The number of imidazole rings is 1. The average molecular weight is 346 g/mol. The van der Waals surface area contributed by atoms with E-state index in [9.17, 15) is 9.50 Å². The van der Waals surface area contributed by atoms with Gasteiger partial charge in [-0.15, -0.1) is 0 Å². The predicted octanol–water partition coefficient (Wildman–Crippen LogP) is 2.24. The van der Waals surface area contributed by atoms with Gasteiger partial charge >= 0.3 is 0 Å². The first-order valence-electron chi connectivity index (χ1n) is 9.19. The number of anilines is 1. The summed E-state index contributed by atoms with van der Waals surface area (Å²) in [6, 6.07) is 4.73. The van der Waals surface area contributed by atoms with Gasteiger partial charge in [0, 0.05) is 32.7 Å². The molecule has 1 atom stereocenters. The Morgan fingerprint density at radius 3 is 2.64 bits per heavy atom. The summed E-state index contributed by atoms with van der Waals surface area (Å²) in [5, 5.41) is 10.1. The number of piperidine rings is 2. The van der Waals surface area contributed by atoms with Crippen LogP contribution in [0.5, 0.6) is 0 Å². The molecule has 0 bridgehead atoms. The molecule has 136 valence electrons. The highest BCUT2D eigenvalue weighted by atomic mass is 19.1. The average Bonchev–Trinajstić information content (AvgIpc) is 2.94. The number of rotatable bonds is 2. The molecule has 2 aromatic rings. The van der Waals surface area contributed by atoms with Gasteiger partial charge in [0.2, 0.25) is 5.95 Å². The molecule has 3 heterocycles. The number of aliphatic hydroxyl groups is 1. The van der Waals surface area contributed by atoms with Gasteiger partial charge in [-0.25, -0.2) is 9.37 Å². The zero-order valence-electron chi connectivity index (χ0n) is 15.1.